The van der Waals surface area contributed by atoms with E-state index in [9.17, 15) is 4.79 Å². The Bertz CT molecular complexity index is 606. The van der Waals surface area contributed by atoms with Gasteiger partial charge >= 0.3 is 0 Å². The van der Waals surface area contributed by atoms with Crippen LogP contribution in [-0.4, -0.2) is 34.4 Å². The van der Waals surface area contributed by atoms with Crippen LogP contribution in [0.15, 0.2) is 30.6 Å². The molecule has 1 fully saturated rings. The van der Waals surface area contributed by atoms with Crippen LogP contribution >= 0.6 is 24.8 Å². The standard InChI is InChI=1S/C18H26N4O.2ClH/c23-18(13-16-14-22-12-6-5-9-17(22)21-16)20-11-10-19-15-7-3-1-2-4-8-15;;/h5-6,9,12,14-15,19H,1-4,7-8,10-11,13H2,(H,20,23);2*1H. The summed E-state index contributed by atoms with van der Waals surface area (Å²) in [5.74, 6) is 0.0380. The Morgan fingerprint density at radius 1 is 1.12 bits per heavy atom. The maximum Gasteiger partial charge on any atom is 0.226 e. The number of hydrogen-bond acceptors (Lipinski definition) is 3. The number of amides is 1. The Kier molecular flexibility index (Phi) is 9.86. The molecule has 0 unspecified atom stereocenters. The van der Waals surface area contributed by atoms with E-state index in [1.54, 1.807) is 0 Å². The molecule has 140 valence electrons. The third kappa shape index (κ3) is 6.84. The van der Waals surface area contributed by atoms with E-state index < -0.39 is 0 Å². The smallest absolute Gasteiger partial charge is 0.226 e. The number of nitrogens with one attached hydrogen (secondary N) is 2. The number of fused-ring (bicyclic) bond motifs is 1. The van der Waals surface area contributed by atoms with Crippen molar-refractivity contribution >= 4 is 36.4 Å². The predicted octanol–water partition coefficient (Wildman–Crippen LogP) is 3.15. The molecule has 0 spiro atoms. The Hall–Kier alpha value is -1.30. The highest BCUT2D eigenvalue weighted by Gasteiger charge is 2.11. The first-order valence-corrected chi connectivity index (χ1v) is 8.74. The summed E-state index contributed by atoms with van der Waals surface area (Å²) in [4.78, 5) is 16.5. The van der Waals surface area contributed by atoms with E-state index in [1.165, 1.54) is 38.5 Å². The van der Waals surface area contributed by atoms with E-state index in [-0.39, 0.29) is 30.7 Å². The maximum absolute atomic E-state index is 12.0. The molecule has 1 amide bonds. The lowest BCUT2D eigenvalue weighted by Gasteiger charge is -2.16. The Morgan fingerprint density at radius 2 is 1.88 bits per heavy atom. The molecule has 25 heavy (non-hydrogen) atoms. The van der Waals surface area contributed by atoms with Crippen molar-refractivity contribution in [3.63, 3.8) is 0 Å². The highest BCUT2D eigenvalue weighted by atomic mass is 35.5. The fourth-order valence-corrected chi connectivity index (χ4v) is 3.26. The van der Waals surface area contributed by atoms with E-state index in [2.05, 4.69) is 15.6 Å². The van der Waals surface area contributed by atoms with Crippen LogP contribution in [0.3, 0.4) is 0 Å². The first-order chi connectivity index (χ1) is 11.3. The van der Waals surface area contributed by atoms with E-state index in [0.29, 0.717) is 19.0 Å². The SMILES string of the molecule is Cl.Cl.O=C(Cc1cn2ccccc2n1)NCCNC1CCCCCC1. The van der Waals surface area contributed by atoms with Gasteiger partial charge in [0.2, 0.25) is 5.91 Å². The number of carbonyl (C=O) groups excluding carboxylic acids is 1. The molecule has 0 saturated heterocycles. The minimum atomic E-state index is 0. The average Bonchev–Trinajstić information content (AvgIpc) is 2.77. The molecule has 3 rings (SSSR count). The van der Waals surface area contributed by atoms with Crippen LogP contribution in [0.1, 0.15) is 44.2 Å². The molecule has 0 atom stereocenters. The molecule has 0 aromatic carbocycles. The van der Waals surface area contributed by atoms with Gasteiger partial charge in [0.25, 0.3) is 0 Å². The van der Waals surface area contributed by atoms with Crippen molar-refractivity contribution in [1.82, 2.24) is 20.0 Å². The van der Waals surface area contributed by atoms with Crippen LogP contribution in [0.4, 0.5) is 0 Å². The largest absolute Gasteiger partial charge is 0.354 e. The number of aromatic nitrogens is 2. The molecule has 1 aliphatic rings. The molecular formula is C18H28Cl2N4O. The monoisotopic (exact) mass is 386 g/mol. The van der Waals surface area contributed by atoms with Gasteiger partial charge in [-0.25, -0.2) is 4.98 Å². The van der Waals surface area contributed by atoms with Crippen molar-refractivity contribution < 1.29 is 4.79 Å². The third-order valence-electron chi connectivity index (χ3n) is 4.49. The molecule has 2 heterocycles. The van der Waals surface area contributed by atoms with Crippen molar-refractivity contribution in [2.24, 2.45) is 0 Å². The summed E-state index contributed by atoms with van der Waals surface area (Å²) in [5.41, 5.74) is 1.69. The molecule has 0 bridgehead atoms. The molecule has 1 aliphatic carbocycles. The molecule has 2 aromatic heterocycles. The summed E-state index contributed by atoms with van der Waals surface area (Å²) in [5, 5.41) is 6.55. The third-order valence-corrected chi connectivity index (χ3v) is 4.49. The molecule has 0 radical (unpaired) electrons. The van der Waals surface area contributed by atoms with Crippen LogP contribution in [0, 0.1) is 0 Å². The number of hydrogen-bond donors (Lipinski definition) is 2. The summed E-state index contributed by atoms with van der Waals surface area (Å²) in [6.45, 7) is 1.53. The van der Waals surface area contributed by atoms with Gasteiger partial charge < -0.3 is 15.0 Å². The molecule has 5 nitrogen and oxygen atoms in total. The second-order valence-corrected chi connectivity index (χ2v) is 6.37. The fraction of sp³-hybridized carbons (Fsp3) is 0.556. The van der Waals surface area contributed by atoms with Gasteiger partial charge in [0.15, 0.2) is 0 Å². The van der Waals surface area contributed by atoms with Crippen molar-refractivity contribution in [1.29, 1.82) is 0 Å². The van der Waals surface area contributed by atoms with E-state index in [0.717, 1.165) is 17.9 Å². The second kappa shape index (κ2) is 11.3. The maximum atomic E-state index is 12.0. The van der Waals surface area contributed by atoms with Crippen LogP contribution in [-0.2, 0) is 11.2 Å². The van der Waals surface area contributed by atoms with Gasteiger partial charge in [-0.15, -0.1) is 24.8 Å². The highest BCUT2D eigenvalue weighted by molar-refractivity contribution is 5.85. The first kappa shape index (κ1) is 21.7. The summed E-state index contributed by atoms with van der Waals surface area (Å²) in [6, 6.07) is 6.48. The quantitative estimate of drug-likeness (QED) is 0.592. The van der Waals surface area contributed by atoms with Crippen molar-refractivity contribution in [2.75, 3.05) is 13.1 Å². The molecule has 1 saturated carbocycles. The summed E-state index contributed by atoms with van der Waals surface area (Å²) in [7, 11) is 0. The molecule has 2 aromatic rings. The zero-order valence-corrected chi connectivity index (χ0v) is 16.1. The van der Waals surface area contributed by atoms with Crippen LogP contribution in [0.5, 0.6) is 0 Å². The van der Waals surface area contributed by atoms with Gasteiger partial charge in [-0.2, -0.15) is 0 Å². The number of imidazole rings is 1. The van der Waals surface area contributed by atoms with E-state index in [4.69, 9.17) is 0 Å². The van der Waals surface area contributed by atoms with Crippen LogP contribution < -0.4 is 10.6 Å². The Balaban J connectivity index is 0.00000156. The highest BCUT2D eigenvalue weighted by Crippen LogP contribution is 2.16. The molecule has 7 heteroatoms. The Morgan fingerprint density at radius 3 is 2.60 bits per heavy atom. The normalized spacial score (nSPS) is 15.0. The number of pyridine rings is 1. The van der Waals surface area contributed by atoms with Gasteiger partial charge in [0, 0.05) is 31.5 Å². The van der Waals surface area contributed by atoms with Gasteiger partial charge in [0.1, 0.15) is 5.65 Å². The number of rotatable bonds is 6. The number of halogens is 2. The van der Waals surface area contributed by atoms with E-state index >= 15 is 0 Å². The average molecular weight is 387 g/mol. The summed E-state index contributed by atoms with van der Waals surface area (Å²) < 4.78 is 1.94. The summed E-state index contributed by atoms with van der Waals surface area (Å²) in [6.07, 6.45) is 12.1. The zero-order valence-electron chi connectivity index (χ0n) is 14.4. The van der Waals surface area contributed by atoms with Gasteiger partial charge in [-0.05, 0) is 25.0 Å². The Labute approximate surface area is 161 Å². The van der Waals surface area contributed by atoms with Crippen molar-refractivity contribution in [3.8, 4) is 0 Å². The number of carbonyl (C=O) groups is 1. The van der Waals surface area contributed by atoms with Crippen molar-refractivity contribution in [3.05, 3.63) is 36.3 Å². The lowest BCUT2D eigenvalue weighted by atomic mass is 10.1. The van der Waals surface area contributed by atoms with E-state index in [1.807, 2.05) is 35.0 Å². The molecular weight excluding hydrogens is 359 g/mol. The topological polar surface area (TPSA) is 58.4 Å². The first-order valence-electron chi connectivity index (χ1n) is 8.74. The van der Waals surface area contributed by atoms with Gasteiger partial charge in [-0.3, -0.25) is 4.79 Å². The summed E-state index contributed by atoms with van der Waals surface area (Å²) >= 11 is 0. The lowest BCUT2D eigenvalue weighted by molar-refractivity contribution is -0.120. The predicted molar refractivity (Wildman–Crippen MR) is 106 cm³/mol. The minimum Gasteiger partial charge on any atom is -0.354 e. The minimum absolute atomic E-state index is 0. The fourth-order valence-electron chi connectivity index (χ4n) is 3.26. The number of nitrogens with zero attached hydrogens (tertiary/aromatic N) is 2. The second-order valence-electron chi connectivity index (χ2n) is 6.37. The van der Waals surface area contributed by atoms with Gasteiger partial charge in [-0.1, -0.05) is 31.7 Å². The van der Waals surface area contributed by atoms with Crippen LogP contribution in [0.2, 0.25) is 0 Å². The lowest BCUT2D eigenvalue weighted by Crippen LogP contribution is -2.37. The zero-order chi connectivity index (χ0) is 15.9. The van der Waals surface area contributed by atoms with Crippen molar-refractivity contribution in [2.45, 2.75) is 51.0 Å². The molecule has 2 N–H and O–H groups in total. The van der Waals surface area contributed by atoms with Gasteiger partial charge in [0.05, 0.1) is 12.1 Å². The van der Waals surface area contributed by atoms with Crippen LogP contribution in [0.25, 0.3) is 5.65 Å². The molecule has 0 aliphatic heterocycles.